The summed E-state index contributed by atoms with van der Waals surface area (Å²) in [6.07, 6.45) is 3.16. The van der Waals surface area contributed by atoms with Gasteiger partial charge in [-0.05, 0) is 35.0 Å². The van der Waals surface area contributed by atoms with Crippen LogP contribution < -0.4 is 16.4 Å². The number of carbonyl (C=O) groups is 2. The van der Waals surface area contributed by atoms with Gasteiger partial charge < -0.3 is 11.1 Å². The quantitative estimate of drug-likeness (QED) is 0.712. The van der Waals surface area contributed by atoms with Gasteiger partial charge in [0.1, 0.15) is 0 Å². The minimum atomic E-state index is -0.406. The van der Waals surface area contributed by atoms with E-state index >= 15 is 0 Å². The Morgan fingerprint density at radius 2 is 2.08 bits per heavy atom. The summed E-state index contributed by atoms with van der Waals surface area (Å²) in [6, 6.07) is 9.60. The van der Waals surface area contributed by atoms with Crippen LogP contribution in [0.5, 0.6) is 0 Å². The second-order valence-corrected chi connectivity index (χ2v) is 6.05. The molecule has 2 heterocycles. The van der Waals surface area contributed by atoms with E-state index in [9.17, 15) is 9.59 Å². The lowest BCUT2D eigenvalue weighted by atomic mass is 10.1. The van der Waals surface area contributed by atoms with Gasteiger partial charge in [-0.2, -0.15) is 0 Å². The molecule has 0 bridgehead atoms. The first-order valence-electron chi connectivity index (χ1n) is 7.24. The summed E-state index contributed by atoms with van der Waals surface area (Å²) in [6.45, 7) is 1.05. The minimum absolute atomic E-state index is 0.320. The topological polar surface area (TPSA) is 110 Å². The molecule has 1 aliphatic rings. The molecule has 1 fully saturated rings. The number of nitrogens with two attached hydrogens (primary N) is 1. The van der Waals surface area contributed by atoms with Crippen LogP contribution in [0.1, 0.15) is 16.8 Å². The predicted molar refractivity (Wildman–Crippen MR) is 92.8 cm³/mol. The maximum atomic E-state index is 11.6. The third-order valence-electron chi connectivity index (χ3n) is 3.28. The first kappa shape index (κ1) is 16.2. The molecule has 0 radical (unpaired) electrons. The molecule has 0 aliphatic carbocycles. The van der Waals surface area contributed by atoms with Crippen molar-refractivity contribution in [3.63, 3.8) is 0 Å². The molecule has 8 heteroatoms. The van der Waals surface area contributed by atoms with Crippen LogP contribution in [0.2, 0.25) is 0 Å². The molecule has 2 aromatic rings. The number of nitrogens with zero attached hydrogens (tertiary/aromatic N) is 2. The smallest absolute Gasteiger partial charge is 0.290 e. The Labute approximate surface area is 142 Å². The molecule has 7 nitrogen and oxygen atoms in total. The van der Waals surface area contributed by atoms with Crippen LogP contribution in [0.4, 0.5) is 10.7 Å². The highest BCUT2D eigenvalue weighted by atomic mass is 32.2. The van der Waals surface area contributed by atoms with E-state index in [0.29, 0.717) is 29.6 Å². The van der Waals surface area contributed by atoms with Crippen molar-refractivity contribution < 1.29 is 9.59 Å². The SMILES string of the molecule is NCc1cccc(CNc2nccc(/C=C3/SC(=O)NC3=O)n2)c1. The van der Waals surface area contributed by atoms with Gasteiger partial charge in [0, 0.05) is 19.3 Å². The van der Waals surface area contributed by atoms with E-state index in [-0.39, 0.29) is 5.24 Å². The molecule has 1 aliphatic heterocycles. The molecule has 3 rings (SSSR count). The van der Waals surface area contributed by atoms with Crippen molar-refractivity contribution in [1.82, 2.24) is 15.3 Å². The van der Waals surface area contributed by atoms with Crippen LogP contribution in [0.3, 0.4) is 0 Å². The summed E-state index contributed by atoms with van der Waals surface area (Å²) in [5.41, 5.74) is 8.31. The molecule has 0 saturated carbocycles. The average Bonchev–Trinajstić information content (AvgIpc) is 2.91. The van der Waals surface area contributed by atoms with Crippen LogP contribution in [0, 0.1) is 0 Å². The van der Waals surface area contributed by atoms with E-state index in [0.717, 1.165) is 22.9 Å². The molecule has 1 aromatic heterocycles. The van der Waals surface area contributed by atoms with Crippen molar-refractivity contribution >= 4 is 34.9 Å². The summed E-state index contributed by atoms with van der Waals surface area (Å²) in [5, 5.41) is 4.96. The Morgan fingerprint density at radius 1 is 1.25 bits per heavy atom. The summed E-state index contributed by atoms with van der Waals surface area (Å²) < 4.78 is 0. The lowest BCUT2D eigenvalue weighted by Gasteiger charge is -2.07. The van der Waals surface area contributed by atoms with E-state index in [1.54, 1.807) is 18.3 Å². The van der Waals surface area contributed by atoms with Crippen molar-refractivity contribution in [1.29, 1.82) is 0 Å². The minimum Gasteiger partial charge on any atom is -0.350 e. The number of nitrogens with one attached hydrogen (secondary N) is 2. The maximum Gasteiger partial charge on any atom is 0.290 e. The first-order chi connectivity index (χ1) is 11.6. The number of carbonyl (C=O) groups excluding carboxylic acids is 2. The Hall–Kier alpha value is -2.71. The lowest BCUT2D eigenvalue weighted by molar-refractivity contribution is -0.115. The molecule has 0 atom stereocenters. The second-order valence-electron chi connectivity index (χ2n) is 5.03. The standard InChI is InChI=1S/C16H15N5O2S/c17-8-10-2-1-3-11(6-10)9-19-15-18-5-4-12(20-15)7-13-14(22)21-16(23)24-13/h1-7H,8-9,17H2,(H,18,19,20)(H,21,22,23)/b13-7+. The van der Waals surface area contributed by atoms with Gasteiger partial charge in [-0.25, -0.2) is 9.97 Å². The number of amides is 2. The number of aromatic nitrogens is 2. The fourth-order valence-corrected chi connectivity index (χ4v) is 2.81. The summed E-state index contributed by atoms with van der Waals surface area (Å²) in [4.78, 5) is 31.5. The monoisotopic (exact) mass is 341 g/mol. The largest absolute Gasteiger partial charge is 0.350 e. The maximum absolute atomic E-state index is 11.6. The summed E-state index contributed by atoms with van der Waals surface area (Å²) in [5.74, 6) is 0.0361. The third kappa shape index (κ3) is 3.98. The van der Waals surface area contributed by atoms with Crippen LogP contribution in [-0.2, 0) is 17.9 Å². The fourth-order valence-electron chi connectivity index (χ4n) is 2.14. The van der Waals surface area contributed by atoms with Gasteiger partial charge in [0.15, 0.2) is 0 Å². The fraction of sp³-hybridized carbons (Fsp3) is 0.125. The van der Waals surface area contributed by atoms with E-state index in [4.69, 9.17) is 5.73 Å². The predicted octanol–water partition coefficient (Wildman–Crippen LogP) is 1.87. The van der Waals surface area contributed by atoms with Crippen molar-refractivity contribution in [2.24, 2.45) is 5.73 Å². The van der Waals surface area contributed by atoms with Gasteiger partial charge in [0.05, 0.1) is 10.6 Å². The van der Waals surface area contributed by atoms with E-state index < -0.39 is 5.91 Å². The van der Waals surface area contributed by atoms with E-state index in [2.05, 4.69) is 20.6 Å². The second kappa shape index (κ2) is 7.24. The Balaban J connectivity index is 1.70. The van der Waals surface area contributed by atoms with Crippen LogP contribution in [0.25, 0.3) is 6.08 Å². The number of hydrogen-bond acceptors (Lipinski definition) is 7. The van der Waals surface area contributed by atoms with Crippen molar-refractivity contribution in [2.75, 3.05) is 5.32 Å². The zero-order valence-corrected chi connectivity index (χ0v) is 13.5. The average molecular weight is 341 g/mol. The summed E-state index contributed by atoms with van der Waals surface area (Å²) in [7, 11) is 0. The highest BCUT2D eigenvalue weighted by Gasteiger charge is 2.25. The zero-order chi connectivity index (χ0) is 16.9. The molecule has 1 saturated heterocycles. The lowest BCUT2D eigenvalue weighted by Crippen LogP contribution is -2.17. The normalized spacial score (nSPS) is 15.6. The number of hydrogen-bond donors (Lipinski definition) is 3. The molecule has 0 spiro atoms. The Bertz CT molecular complexity index is 822. The van der Waals surface area contributed by atoms with Gasteiger partial charge in [0.2, 0.25) is 5.95 Å². The highest BCUT2D eigenvalue weighted by Crippen LogP contribution is 2.25. The molecule has 24 heavy (non-hydrogen) atoms. The van der Waals surface area contributed by atoms with Crippen LogP contribution in [-0.4, -0.2) is 21.1 Å². The summed E-state index contributed by atoms with van der Waals surface area (Å²) >= 11 is 0.858. The Kier molecular flexibility index (Phi) is 4.88. The molecule has 1 aromatic carbocycles. The molecule has 122 valence electrons. The number of thioether (sulfide) groups is 1. The number of rotatable bonds is 5. The first-order valence-corrected chi connectivity index (χ1v) is 8.05. The molecule has 0 unspecified atom stereocenters. The number of benzene rings is 1. The van der Waals surface area contributed by atoms with E-state index in [1.165, 1.54) is 0 Å². The molecule has 4 N–H and O–H groups in total. The van der Waals surface area contributed by atoms with Crippen molar-refractivity contribution in [3.8, 4) is 0 Å². The van der Waals surface area contributed by atoms with Gasteiger partial charge in [0.25, 0.3) is 11.1 Å². The molecular weight excluding hydrogens is 326 g/mol. The van der Waals surface area contributed by atoms with Gasteiger partial charge in [-0.3, -0.25) is 14.9 Å². The van der Waals surface area contributed by atoms with Gasteiger partial charge >= 0.3 is 0 Å². The molecule has 2 amide bonds. The number of imide groups is 1. The third-order valence-corrected chi connectivity index (χ3v) is 4.09. The van der Waals surface area contributed by atoms with Crippen LogP contribution in [0.15, 0.2) is 41.4 Å². The van der Waals surface area contributed by atoms with Crippen LogP contribution >= 0.6 is 11.8 Å². The van der Waals surface area contributed by atoms with E-state index in [1.807, 2.05) is 24.3 Å². The zero-order valence-electron chi connectivity index (χ0n) is 12.7. The Morgan fingerprint density at radius 3 is 2.83 bits per heavy atom. The van der Waals surface area contributed by atoms with Gasteiger partial charge in [-0.15, -0.1) is 0 Å². The van der Waals surface area contributed by atoms with Gasteiger partial charge in [-0.1, -0.05) is 24.3 Å². The van der Waals surface area contributed by atoms with Crippen molar-refractivity contribution in [2.45, 2.75) is 13.1 Å². The number of anilines is 1. The molecular formula is C16H15N5O2S. The van der Waals surface area contributed by atoms with Crippen molar-refractivity contribution in [3.05, 3.63) is 58.3 Å². The highest BCUT2D eigenvalue weighted by molar-refractivity contribution is 8.18.